The summed E-state index contributed by atoms with van der Waals surface area (Å²) >= 11 is 0. The molecule has 14 heavy (non-hydrogen) atoms. The molecule has 0 spiro atoms. The molecule has 4 heteroatoms. The largest absolute Gasteiger partial charge is 0.465 e. The molecule has 4 nitrogen and oxygen atoms in total. The molecule has 2 amide bonds. The van der Waals surface area contributed by atoms with Crippen molar-refractivity contribution in [2.45, 2.75) is 26.7 Å². The summed E-state index contributed by atoms with van der Waals surface area (Å²) in [6.45, 7) is 4.27. The van der Waals surface area contributed by atoms with Crippen molar-refractivity contribution >= 4 is 12.0 Å². The molecule has 0 radical (unpaired) electrons. The Bertz CT molecular complexity index is 281. The lowest BCUT2D eigenvalue weighted by molar-refractivity contribution is -0.126. The number of rotatable bonds is 1. The molecule has 0 aromatic carbocycles. The fraction of sp³-hybridized carbons (Fsp3) is 0.600. The number of carbonyl (C=O) groups excluding carboxylic acids is 1. The smallest absolute Gasteiger partial charge is 0.414 e. The number of amides is 2. The van der Waals surface area contributed by atoms with Crippen LogP contribution in [0.4, 0.5) is 4.79 Å². The van der Waals surface area contributed by atoms with Crippen LogP contribution in [0.1, 0.15) is 26.7 Å². The molecule has 1 aliphatic rings. The Morgan fingerprint density at radius 3 is 2.71 bits per heavy atom. The highest BCUT2D eigenvalue weighted by atomic mass is 16.4. The molecule has 0 aromatic heterocycles. The van der Waals surface area contributed by atoms with Crippen LogP contribution in [0.2, 0.25) is 0 Å². The molecule has 0 unspecified atom stereocenters. The van der Waals surface area contributed by atoms with Gasteiger partial charge in [0.2, 0.25) is 0 Å². The van der Waals surface area contributed by atoms with E-state index in [0.717, 1.165) is 11.3 Å². The third-order valence-corrected chi connectivity index (χ3v) is 2.11. The van der Waals surface area contributed by atoms with Crippen molar-refractivity contribution in [3.8, 4) is 0 Å². The molecule has 0 saturated carbocycles. The van der Waals surface area contributed by atoms with E-state index in [1.54, 1.807) is 0 Å². The van der Waals surface area contributed by atoms with E-state index in [2.05, 4.69) is 0 Å². The van der Waals surface area contributed by atoms with Gasteiger partial charge in [-0.15, -0.1) is 0 Å². The highest BCUT2D eigenvalue weighted by molar-refractivity contribution is 6.02. The molecular weight excluding hydrogens is 182 g/mol. The number of hydrogen-bond acceptors (Lipinski definition) is 2. The number of likely N-dealkylation sites (tertiary alicyclic amines) is 1. The fourth-order valence-electron chi connectivity index (χ4n) is 1.55. The van der Waals surface area contributed by atoms with Crippen LogP contribution in [0.15, 0.2) is 11.6 Å². The number of piperidine rings is 1. The zero-order valence-corrected chi connectivity index (χ0v) is 8.49. The Morgan fingerprint density at radius 2 is 2.21 bits per heavy atom. The van der Waals surface area contributed by atoms with Crippen LogP contribution >= 0.6 is 0 Å². The molecule has 1 saturated heterocycles. The van der Waals surface area contributed by atoms with Gasteiger partial charge in [-0.2, -0.15) is 0 Å². The van der Waals surface area contributed by atoms with E-state index >= 15 is 0 Å². The summed E-state index contributed by atoms with van der Waals surface area (Å²) in [7, 11) is 0. The van der Waals surface area contributed by atoms with Crippen molar-refractivity contribution in [1.29, 1.82) is 0 Å². The highest BCUT2D eigenvalue weighted by Gasteiger charge is 2.27. The second-order valence-electron chi connectivity index (χ2n) is 3.78. The summed E-state index contributed by atoms with van der Waals surface area (Å²) in [6.07, 6.45) is 2.12. The van der Waals surface area contributed by atoms with Crippen LogP contribution in [-0.4, -0.2) is 28.6 Å². The van der Waals surface area contributed by atoms with Gasteiger partial charge in [-0.05, 0) is 18.8 Å². The van der Waals surface area contributed by atoms with Gasteiger partial charge in [0.25, 0.3) is 5.91 Å². The number of imide groups is 1. The third kappa shape index (κ3) is 2.34. The summed E-state index contributed by atoms with van der Waals surface area (Å²) < 4.78 is 0. The lowest BCUT2D eigenvalue weighted by Gasteiger charge is -2.24. The quantitative estimate of drug-likeness (QED) is 0.653. The average Bonchev–Trinajstić information content (AvgIpc) is 2.07. The second-order valence-corrected chi connectivity index (χ2v) is 3.78. The Labute approximate surface area is 83.2 Å². The maximum absolute atomic E-state index is 11.6. The number of carbonyl (C=O) groups is 2. The lowest BCUT2D eigenvalue weighted by atomic mass is 10.0. The van der Waals surface area contributed by atoms with Gasteiger partial charge in [0.15, 0.2) is 0 Å². The predicted octanol–water partition coefficient (Wildman–Crippen LogP) is 1.87. The summed E-state index contributed by atoms with van der Waals surface area (Å²) in [5.74, 6) is -0.0693. The van der Waals surface area contributed by atoms with Crippen LogP contribution in [0.3, 0.4) is 0 Å². The first-order valence-corrected chi connectivity index (χ1v) is 4.78. The highest BCUT2D eigenvalue weighted by Crippen LogP contribution is 2.18. The van der Waals surface area contributed by atoms with Gasteiger partial charge in [0, 0.05) is 12.1 Å². The molecule has 1 fully saturated rings. The summed E-state index contributed by atoms with van der Waals surface area (Å²) in [5, 5.41) is 8.74. The van der Waals surface area contributed by atoms with Crippen molar-refractivity contribution in [3.63, 3.8) is 0 Å². The van der Waals surface area contributed by atoms with Gasteiger partial charge in [0.1, 0.15) is 0 Å². The zero-order chi connectivity index (χ0) is 10.7. The standard InChI is InChI=1S/C10H15NO3/c1-7(2)6-8-4-3-5-11(9(8)12)10(13)14/h6-7H,3-5H2,1-2H3,(H,13,14). The molecule has 0 bridgehead atoms. The normalized spacial score (nSPS) is 20.6. The zero-order valence-electron chi connectivity index (χ0n) is 8.49. The van der Waals surface area contributed by atoms with Gasteiger partial charge in [-0.25, -0.2) is 9.69 Å². The van der Waals surface area contributed by atoms with Crippen LogP contribution in [0, 0.1) is 5.92 Å². The summed E-state index contributed by atoms with van der Waals surface area (Å²) in [4.78, 5) is 23.1. The van der Waals surface area contributed by atoms with Crippen LogP contribution in [0.5, 0.6) is 0 Å². The molecule has 0 aromatic rings. The van der Waals surface area contributed by atoms with E-state index in [0.29, 0.717) is 18.5 Å². The minimum Gasteiger partial charge on any atom is -0.465 e. The van der Waals surface area contributed by atoms with Gasteiger partial charge in [-0.3, -0.25) is 4.79 Å². The van der Waals surface area contributed by atoms with Crippen LogP contribution in [-0.2, 0) is 4.79 Å². The van der Waals surface area contributed by atoms with Gasteiger partial charge in [-0.1, -0.05) is 19.9 Å². The van der Waals surface area contributed by atoms with Crippen LogP contribution in [0.25, 0.3) is 0 Å². The molecule has 0 atom stereocenters. The Morgan fingerprint density at radius 1 is 1.57 bits per heavy atom. The van der Waals surface area contributed by atoms with E-state index in [4.69, 9.17) is 5.11 Å². The van der Waals surface area contributed by atoms with Crippen LogP contribution < -0.4 is 0 Å². The summed E-state index contributed by atoms with van der Waals surface area (Å²) in [5.41, 5.74) is 0.633. The van der Waals surface area contributed by atoms with Gasteiger partial charge < -0.3 is 5.11 Å². The van der Waals surface area contributed by atoms with Gasteiger partial charge >= 0.3 is 6.09 Å². The van der Waals surface area contributed by atoms with Crippen molar-refractivity contribution in [2.75, 3.05) is 6.54 Å². The molecular formula is C10H15NO3. The minimum atomic E-state index is -1.15. The van der Waals surface area contributed by atoms with Crippen molar-refractivity contribution < 1.29 is 14.7 Å². The predicted molar refractivity (Wildman–Crippen MR) is 51.9 cm³/mol. The Hall–Kier alpha value is -1.32. The number of carboxylic acid groups (broad SMARTS) is 1. The van der Waals surface area contributed by atoms with E-state index < -0.39 is 6.09 Å². The molecule has 1 rings (SSSR count). The first-order valence-electron chi connectivity index (χ1n) is 4.78. The van der Waals surface area contributed by atoms with Crippen molar-refractivity contribution in [3.05, 3.63) is 11.6 Å². The molecule has 78 valence electrons. The average molecular weight is 197 g/mol. The molecule has 0 aliphatic carbocycles. The maximum Gasteiger partial charge on any atom is 0.414 e. The fourth-order valence-corrected chi connectivity index (χ4v) is 1.55. The SMILES string of the molecule is CC(C)C=C1CCCN(C(=O)O)C1=O. The van der Waals surface area contributed by atoms with E-state index in [9.17, 15) is 9.59 Å². The molecule has 1 aliphatic heterocycles. The van der Waals surface area contributed by atoms with E-state index in [1.807, 2.05) is 19.9 Å². The lowest BCUT2D eigenvalue weighted by Crippen LogP contribution is -2.40. The maximum atomic E-state index is 11.6. The van der Waals surface area contributed by atoms with E-state index in [1.165, 1.54) is 0 Å². The number of nitrogens with zero attached hydrogens (tertiary/aromatic N) is 1. The monoisotopic (exact) mass is 197 g/mol. The second kappa shape index (κ2) is 4.26. The van der Waals surface area contributed by atoms with Crippen molar-refractivity contribution in [2.24, 2.45) is 5.92 Å². The minimum absolute atomic E-state index is 0.280. The van der Waals surface area contributed by atoms with E-state index in [-0.39, 0.29) is 11.8 Å². The third-order valence-electron chi connectivity index (χ3n) is 2.11. The summed E-state index contributed by atoms with van der Waals surface area (Å²) in [6, 6.07) is 0. The van der Waals surface area contributed by atoms with Gasteiger partial charge in [0.05, 0.1) is 0 Å². The number of allylic oxidation sites excluding steroid dienone is 1. The first kappa shape index (κ1) is 10.8. The Kier molecular flexibility index (Phi) is 3.28. The molecule has 1 N–H and O–H groups in total. The number of hydrogen-bond donors (Lipinski definition) is 1. The Balaban J connectivity index is 2.81. The first-order chi connectivity index (χ1) is 6.52. The van der Waals surface area contributed by atoms with Crippen molar-refractivity contribution in [1.82, 2.24) is 4.90 Å². The topological polar surface area (TPSA) is 57.6 Å². The molecule has 1 heterocycles.